The average Bonchev–Trinajstić information content (AvgIpc) is 2.90. The van der Waals surface area contributed by atoms with E-state index in [0.717, 1.165) is 6.42 Å². The summed E-state index contributed by atoms with van der Waals surface area (Å²) in [6, 6.07) is 5.41. The van der Waals surface area contributed by atoms with Crippen molar-refractivity contribution in [2.45, 2.75) is 27.2 Å². The molecule has 0 aromatic carbocycles. The molecule has 0 atom stereocenters. The summed E-state index contributed by atoms with van der Waals surface area (Å²) in [5.41, 5.74) is 0.912. The second-order valence-electron chi connectivity index (χ2n) is 5.60. The average molecular weight is 302 g/mol. The lowest BCUT2D eigenvalue weighted by atomic mass is 10.2. The number of rotatable bonds is 6. The van der Waals surface area contributed by atoms with Crippen molar-refractivity contribution < 1.29 is 9.59 Å². The number of carbonyl (C=O) groups is 2. The van der Waals surface area contributed by atoms with E-state index >= 15 is 0 Å². The number of amides is 2. The first-order valence-electron chi connectivity index (χ1n) is 7.58. The number of hydrogen-bond donors (Lipinski definition) is 2. The van der Waals surface area contributed by atoms with Crippen LogP contribution in [0.3, 0.4) is 0 Å². The van der Waals surface area contributed by atoms with E-state index in [-0.39, 0.29) is 23.3 Å². The molecule has 2 N–H and O–H groups in total. The van der Waals surface area contributed by atoms with Crippen molar-refractivity contribution in [3.05, 3.63) is 35.9 Å². The predicted octanol–water partition coefficient (Wildman–Crippen LogP) is 1.86. The molecule has 0 saturated heterocycles. The maximum Gasteiger partial charge on any atom is 0.287 e. The van der Waals surface area contributed by atoms with Gasteiger partial charge in [-0.25, -0.2) is 4.98 Å². The van der Waals surface area contributed by atoms with Gasteiger partial charge in [-0.1, -0.05) is 26.8 Å². The highest BCUT2D eigenvalue weighted by Crippen LogP contribution is 2.13. The summed E-state index contributed by atoms with van der Waals surface area (Å²) in [5, 5.41) is 5.63. The molecule has 2 aromatic heterocycles. The molecule has 6 nitrogen and oxygen atoms in total. The third-order valence-electron chi connectivity index (χ3n) is 3.17. The Labute approximate surface area is 129 Å². The number of fused-ring (bicyclic) bond motifs is 1. The quantitative estimate of drug-likeness (QED) is 0.855. The van der Waals surface area contributed by atoms with Gasteiger partial charge in [0.15, 0.2) is 5.69 Å². The highest BCUT2D eigenvalue weighted by Gasteiger charge is 2.20. The van der Waals surface area contributed by atoms with Crippen molar-refractivity contribution in [3.8, 4) is 0 Å². The summed E-state index contributed by atoms with van der Waals surface area (Å²) in [5.74, 6) is 0.0540. The Morgan fingerprint density at radius 3 is 2.68 bits per heavy atom. The highest BCUT2D eigenvalue weighted by molar-refractivity contribution is 6.02. The highest BCUT2D eigenvalue weighted by atomic mass is 16.2. The number of hydrogen-bond acceptors (Lipinski definition) is 3. The van der Waals surface area contributed by atoms with E-state index in [2.05, 4.69) is 15.6 Å². The van der Waals surface area contributed by atoms with Gasteiger partial charge in [-0.3, -0.25) is 14.0 Å². The van der Waals surface area contributed by atoms with E-state index in [4.69, 9.17) is 0 Å². The van der Waals surface area contributed by atoms with E-state index in [1.165, 1.54) is 0 Å². The van der Waals surface area contributed by atoms with Crippen molar-refractivity contribution >= 4 is 17.3 Å². The van der Waals surface area contributed by atoms with Gasteiger partial charge in [-0.05, 0) is 24.5 Å². The van der Waals surface area contributed by atoms with Crippen molar-refractivity contribution in [1.29, 1.82) is 0 Å². The summed E-state index contributed by atoms with van der Waals surface area (Å²) in [4.78, 5) is 28.7. The first-order chi connectivity index (χ1) is 10.5. The van der Waals surface area contributed by atoms with Gasteiger partial charge in [0.25, 0.3) is 11.8 Å². The largest absolute Gasteiger partial charge is 0.351 e. The van der Waals surface area contributed by atoms with Crippen LogP contribution in [0, 0.1) is 5.92 Å². The summed E-state index contributed by atoms with van der Waals surface area (Å²) >= 11 is 0. The van der Waals surface area contributed by atoms with E-state index in [1.807, 2.05) is 32.9 Å². The van der Waals surface area contributed by atoms with Crippen molar-refractivity contribution in [1.82, 2.24) is 20.0 Å². The summed E-state index contributed by atoms with van der Waals surface area (Å²) in [7, 11) is 0. The normalized spacial score (nSPS) is 10.9. The van der Waals surface area contributed by atoms with Crippen LogP contribution in [-0.4, -0.2) is 34.3 Å². The molecule has 0 saturated carbocycles. The van der Waals surface area contributed by atoms with Crippen LogP contribution in [0.15, 0.2) is 24.4 Å². The van der Waals surface area contributed by atoms with Gasteiger partial charge in [-0.2, -0.15) is 0 Å². The summed E-state index contributed by atoms with van der Waals surface area (Å²) < 4.78 is 1.65. The maximum atomic E-state index is 12.3. The minimum absolute atomic E-state index is 0.234. The number of aromatic nitrogens is 2. The summed E-state index contributed by atoms with van der Waals surface area (Å²) in [6.07, 6.45) is 2.59. The van der Waals surface area contributed by atoms with Crippen molar-refractivity contribution in [3.63, 3.8) is 0 Å². The molecule has 0 aliphatic rings. The standard InChI is InChI=1S/C16H22N4O2/c1-4-8-17-15(21)13-12-7-5-6-9-20(12)14(19-13)16(22)18-10-11(2)3/h5-7,9,11H,4,8,10H2,1-3H3,(H,17,21)(H,18,22). The minimum Gasteiger partial charge on any atom is -0.351 e. The Balaban J connectivity index is 2.35. The molecule has 22 heavy (non-hydrogen) atoms. The van der Waals surface area contributed by atoms with Crippen LogP contribution in [0.5, 0.6) is 0 Å². The fraction of sp³-hybridized carbons (Fsp3) is 0.438. The van der Waals surface area contributed by atoms with Gasteiger partial charge < -0.3 is 10.6 Å². The lowest BCUT2D eigenvalue weighted by Gasteiger charge is -2.06. The molecule has 0 aliphatic heterocycles. The topological polar surface area (TPSA) is 75.5 Å². The molecule has 2 aromatic rings. The van der Waals surface area contributed by atoms with E-state index in [1.54, 1.807) is 16.7 Å². The predicted molar refractivity (Wildman–Crippen MR) is 85.0 cm³/mol. The molecule has 0 spiro atoms. The van der Waals surface area contributed by atoms with E-state index < -0.39 is 0 Å². The van der Waals surface area contributed by atoms with E-state index in [0.29, 0.717) is 24.5 Å². The molecule has 6 heteroatoms. The second-order valence-corrected chi connectivity index (χ2v) is 5.60. The monoisotopic (exact) mass is 302 g/mol. The molecule has 2 amide bonds. The van der Waals surface area contributed by atoms with Crippen molar-refractivity contribution in [2.75, 3.05) is 13.1 Å². The Kier molecular flexibility index (Phi) is 5.14. The molecule has 0 aliphatic carbocycles. The Bertz CT molecular complexity index is 676. The number of carbonyl (C=O) groups excluding carboxylic acids is 2. The molecule has 118 valence electrons. The molecule has 0 fully saturated rings. The molecule has 0 bridgehead atoms. The molecular formula is C16H22N4O2. The molecule has 0 unspecified atom stereocenters. The smallest absolute Gasteiger partial charge is 0.287 e. The Morgan fingerprint density at radius 1 is 1.23 bits per heavy atom. The van der Waals surface area contributed by atoms with Crippen LogP contribution in [0.2, 0.25) is 0 Å². The number of imidazole rings is 1. The van der Waals surface area contributed by atoms with E-state index in [9.17, 15) is 9.59 Å². The number of nitrogens with zero attached hydrogens (tertiary/aromatic N) is 2. The van der Waals surface area contributed by atoms with Crippen LogP contribution < -0.4 is 10.6 Å². The van der Waals surface area contributed by atoms with Crippen molar-refractivity contribution in [2.24, 2.45) is 5.92 Å². The fourth-order valence-corrected chi connectivity index (χ4v) is 2.06. The lowest BCUT2D eigenvalue weighted by molar-refractivity contribution is 0.0938. The zero-order valence-electron chi connectivity index (χ0n) is 13.2. The summed E-state index contributed by atoms with van der Waals surface area (Å²) in [6.45, 7) is 7.18. The van der Waals surface area contributed by atoms with Gasteiger partial charge in [0.1, 0.15) is 0 Å². The van der Waals surface area contributed by atoms with Crippen LogP contribution in [0.1, 0.15) is 48.3 Å². The second kappa shape index (κ2) is 7.06. The third kappa shape index (κ3) is 3.44. The minimum atomic E-state index is -0.274. The zero-order valence-corrected chi connectivity index (χ0v) is 13.2. The molecule has 0 radical (unpaired) electrons. The van der Waals surface area contributed by atoms with Crippen LogP contribution in [-0.2, 0) is 0 Å². The van der Waals surface area contributed by atoms with Gasteiger partial charge in [0.05, 0.1) is 5.52 Å². The Morgan fingerprint density at radius 2 is 2.00 bits per heavy atom. The molecule has 2 heterocycles. The zero-order chi connectivity index (χ0) is 16.1. The first kappa shape index (κ1) is 16.0. The Hall–Kier alpha value is -2.37. The molecular weight excluding hydrogens is 280 g/mol. The number of pyridine rings is 1. The SMILES string of the molecule is CCCNC(=O)c1nc(C(=O)NCC(C)C)n2ccccc12. The fourth-order valence-electron chi connectivity index (χ4n) is 2.06. The third-order valence-corrected chi connectivity index (χ3v) is 3.17. The number of nitrogens with one attached hydrogen (secondary N) is 2. The van der Waals surface area contributed by atoms with Gasteiger partial charge in [0.2, 0.25) is 5.82 Å². The van der Waals surface area contributed by atoms with Crippen LogP contribution >= 0.6 is 0 Å². The van der Waals surface area contributed by atoms with Gasteiger partial charge in [-0.15, -0.1) is 0 Å². The lowest BCUT2D eigenvalue weighted by Crippen LogP contribution is -2.29. The first-order valence-corrected chi connectivity index (χ1v) is 7.58. The van der Waals surface area contributed by atoms with Gasteiger partial charge >= 0.3 is 0 Å². The van der Waals surface area contributed by atoms with Crippen LogP contribution in [0.25, 0.3) is 5.52 Å². The van der Waals surface area contributed by atoms with Gasteiger partial charge in [0, 0.05) is 19.3 Å². The maximum absolute atomic E-state index is 12.3. The molecule has 2 rings (SSSR count). The van der Waals surface area contributed by atoms with Crippen LogP contribution in [0.4, 0.5) is 0 Å².